The van der Waals surface area contributed by atoms with E-state index in [1.54, 1.807) is 29.8 Å². The van der Waals surface area contributed by atoms with Gasteiger partial charge in [-0.15, -0.1) is 22.7 Å². The number of esters is 1. The molecule has 0 saturated heterocycles. The van der Waals surface area contributed by atoms with Gasteiger partial charge < -0.3 is 14.8 Å². The maximum absolute atomic E-state index is 13.3. The van der Waals surface area contributed by atoms with Gasteiger partial charge in [0, 0.05) is 46.2 Å². The van der Waals surface area contributed by atoms with Crippen LogP contribution in [0.1, 0.15) is 41.4 Å². The summed E-state index contributed by atoms with van der Waals surface area (Å²) in [5.74, 6) is -0.491. The van der Waals surface area contributed by atoms with Crippen LogP contribution >= 0.6 is 22.7 Å². The molecule has 0 unspecified atom stereocenters. The number of rotatable bonds is 6. The summed E-state index contributed by atoms with van der Waals surface area (Å²) in [5.41, 5.74) is 2.92. The molecular formula is C22H23NO4S2. The lowest BCUT2D eigenvalue weighted by Crippen LogP contribution is -2.36. The molecule has 0 saturated carbocycles. The number of nitrogens with one attached hydrogen (secondary N) is 1. The van der Waals surface area contributed by atoms with Crippen molar-refractivity contribution < 1.29 is 19.1 Å². The fraction of sp³-hybridized carbons (Fsp3) is 0.364. The van der Waals surface area contributed by atoms with E-state index in [9.17, 15) is 9.59 Å². The Kier molecular flexibility index (Phi) is 5.99. The minimum atomic E-state index is -0.398. The van der Waals surface area contributed by atoms with Crippen molar-refractivity contribution >= 4 is 34.4 Å². The zero-order valence-corrected chi connectivity index (χ0v) is 18.0. The van der Waals surface area contributed by atoms with E-state index in [2.05, 4.69) is 11.4 Å². The van der Waals surface area contributed by atoms with E-state index in [4.69, 9.17) is 9.47 Å². The molecule has 0 spiro atoms. The summed E-state index contributed by atoms with van der Waals surface area (Å²) < 4.78 is 10.4. The number of carbonyl (C=O) groups excluding carboxylic acids is 2. The van der Waals surface area contributed by atoms with E-state index in [1.165, 1.54) is 4.88 Å². The highest BCUT2D eigenvalue weighted by Gasteiger charge is 2.41. The summed E-state index contributed by atoms with van der Waals surface area (Å²) in [6.45, 7) is 2.41. The van der Waals surface area contributed by atoms with Crippen molar-refractivity contribution in [2.45, 2.75) is 31.6 Å². The van der Waals surface area contributed by atoms with Gasteiger partial charge in [-0.05, 0) is 36.2 Å². The van der Waals surface area contributed by atoms with Crippen LogP contribution in [0.4, 0.5) is 0 Å². The highest BCUT2D eigenvalue weighted by Crippen LogP contribution is 2.47. The van der Waals surface area contributed by atoms with Gasteiger partial charge in [-0.3, -0.25) is 4.79 Å². The fourth-order valence-corrected chi connectivity index (χ4v) is 5.74. The second-order valence-electron chi connectivity index (χ2n) is 7.18. The van der Waals surface area contributed by atoms with E-state index in [-0.39, 0.29) is 24.2 Å². The molecule has 7 heteroatoms. The van der Waals surface area contributed by atoms with Gasteiger partial charge >= 0.3 is 5.97 Å². The van der Waals surface area contributed by atoms with E-state index in [0.717, 1.165) is 22.7 Å². The molecule has 0 bridgehead atoms. The molecule has 1 N–H and O–H groups in total. The number of allylic oxidation sites excluding steroid dienone is 3. The molecule has 0 radical (unpaired) electrons. The fourth-order valence-electron chi connectivity index (χ4n) is 4.07. The number of thiophene rings is 2. The van der Waals surface area contributed by atoms with Crippen LogP contribution in [-0.4, -0.2) is 32.1 Å². The molecule has 4 rings (SSSR count). The summed E-state index contributed by atoms with van der Waals surface area (Å²) in [7, 11) is 1.57. The number of dihydropyridines is 1. The summed E-state index contributed by atoms with van der Waals surface area (Å²) in [5, 5.41) is 7.39. The highest BCUT2D eigenvalue weighted by atomic mass is 32.1. The molecule has 2 aromatic heterocycles. The molecule has 0 aromatic carbocycles. The van der Waals surface area contributed by atoms with Crippen LogP contribution in [-0.2, 0) is 19.1 Å². The molecule has 2 atom stereocenters. The molecular weight excluding hydrogens is 406 g/mol. The predicted molar refractivity (Wildman–Crippen MR) is 114 cm³/mol. The first-order chi connectivity index (χ1) is 14.1. The number of hydrogen-bond donors (Lipinski definition) is 1. The summed E-state index contributed by atoms with van der Waals surface area (Å²) >= 11 is 3.25. The Morgan fingerprint density at radius 2 is 1.86 bits per heavy atom. The quantitative estimate of drug-likeness (QED) is 0.546. The van der Waals surface area contributed by atoms with Crippen LogP contribution in [0.2, 0.25) is 0 Å². The van der Waals surface area contributed by atoms with Crippen molar-refractivity contribution in [1.29, 1.82) is 0 Å². The van der Waals surface area contributed by atoms with Gasteiger partial charge in [0.15, 0.2) is 5.78 Å². The van der Waals surface area contributed by atoms with Gasteiger partial charge in [0.25, 0.3) is 0 Å². The number of hydrogen-bond acceptors (Lipinski definition) is 7. The lowest BCUT2D eigenvalue weighted by atomic mass is 9.74. The Labute approximate surface area is 178 Å². The Morgan fingerprint density at radius 1 is 1.14 bits per heavy atom. The van der Waals surface area contributed by atoms with Crippen LogP contribution in [0.25, 0.3) is 0 Å². The number of ketones is 1. The molecule has 0 amide bonds. The van der Waals surface area contributed by atoms with Gasteiger partial charge in [-0.1, -0.05) is 12.1 Å². The van der Waals surface area contributed by atoms with Crippen molar-refractivity contribution in [1.82, 2.24) is 5.32 Å². The minimum Gasteiger partial charge on any atom is -0.460 e. The maximum atomic E-state index is 13.3. The van der Waals surface area contributed by atoms with Crippen LogP contribution in [0.3, 0.4) is 0 Å². The van der Waals surface area contributed by atoms with Crippen LogP contribution in [0, 0.1) is 0 Å². The molecule has 5 nitrogen and oxygen atoms in total. The van der Waals surface area contributed by atoms with Gasteiger partial charge in [-0.25, -0.2) is 4.79 Å². The van der Waals surface area contributed by atoms with Crippen molar-refractivity contribution in [3.05, 3.63) is 67.3 Å². The van der Waals surface area contributed by atoms with Crippen molar-refractivity contribution in [3.63, 3.8) is 0 Å². The SMILES string of the molecule is COCCOC(=O)C1=C(C)NC2=C(C(=O)C[C@H](c3cccs3)C2)[C@H]1c1cccs1. The first-order valence-corrected chi connectivity index (χ1v) is 11.3. The van der Waals surface area contributed by atoms with Crippen LogP contribution < -0.4 is 5.32 Å². The molecule has 1 aliphatic carbocycles. The van der Waals surface area contributed by atoms with Gasteiger partial charge in [0.05, 0.1) is 18.1 Å². The third-order valence-corrected chi connectivity index (χ3v) is 7.31. The van der Waals surface area contributed by atoms with E-state index >= 15 is 0 Å². The Balaban J connectivity index is 1.71. The summed E-state index contributed by atoms with van der Waals surface area (Å²) in [6.07, 6.45) is 1.24. The first-order valence-electron chi connectivity index (χ1n) is 9.57. The van der Waals surface area contributed by atoms with E-state index in [1.807, 2.05) is 35.9 Å². The Bertz CT molecular complexity index is 957. The van der Waals surface area contributed by atoms with Crippen molar-refractivity contribution in [2.75, 3.05) is 20.3 Å². The second-order valence-corrected chi connectivity index (χ2v) is 9.14. The summed E-state index contributed by atoms with van der Waals surface area (Å²) in [6, 6.07) is 8.05. The van der Waals surface area contributed by atoms with Crippen LogP contribution in [0.15, 0.2) is 57.6 Å². The average molecular weight is 430 g/mol. The third kappa shape index (κ3) is 3.95. The van der Waals surface area contributed by atoms with Gasteiger partial charge in [0.2, 0.25) is 0 Å². The second kappa shape index (κ2) is 8.65. The van der Waals surface area contributed by atoms with Crippen LogP contribution in [0.5, 0.6) is 0 Å². The predicted octanol–water partition coefficient (Wildman–Crippen LogP) is 4.36. The Morgan fingerprint density at radius 3 is 2.52 bits per heavy atom. The van der Waals surface area contributed by atoms with Crippen molar-refractivity contribution in [3.8, 4) is 0 Å². The smallest absolute Gasteiger partial charge is 0.336 e. The highest BCUT2D eigenvalue weighted by molar-refractivity contribution is 7.10. The number of Topliss-reactive ketones (excluding diaryl/α,β-unsaturated/α-hetero) is 1. The lowest BCUT2D eigenvalue weighted by Gasteiger charge is -2.35. The molecule has 3 heterocycles. The van der Waals surface area contributed by atoms with Gasteiger partial charge in [0.1, 0.15) is 6.61 Å². The Hall–Kier alpha value is -2.22. The molecule has 2 aromatic rings. The third-order valence-electron chi connectivity index (χ3n) is 5.34. The molecule has 29 heavy (non-hydrogen) atoms. The summed E-state index contributed by atoms with van der Waals surface area (Å²) in [4.78, 5) is 28.4. The van der Waals surface area contributed by atoms with E-state index < -0.39 is 5.97 Å². The standard InChI is InChI=1S/C22H23NO4S2/c1-13-19(22(25)27-8-7-26-2)21(18-6-4-10-29-18)20-15(23-13)11-14(12-16(20)24)17-5-3-9-28-17/h3-6,9-10,14,21,23H,7-8,11-12H2,1-2H3/t14-,21+/m1/s1. The largest absolute Gasteiger partial charge is 0.460 e. The lowest BCUT2D eigenvalue weighted by molar-refractivity contribution is -0.140. The zero-order chi connectivity index (χ0) is 20.4. The minimum absolute atomic E-state index is 0.102. The first kappa shape index (κ1) is 20.1. The average Bonchev–Trinajstić information content (AvgIpc) is 3.41. The molecule has 1 aliphatic heterocycles. The maximum Gasteiger partial charge on any atom is 0.336 e. The topological polar surface area (TPSA) is 64.6 Å². The normalized spacial score (nSPS) is 21.8. The zero-order valence-electron chi connectivity index (χ0n) is 16.4. The molecule has 0 fully saturated rings. The van der Waals surface area contributed by atoms with E-state index in [0.29, 0.717) is 24.2 Å². The van der Waals surface area contributed by atoms with Crippen molar-refractivity contribution in [2.24, 2.45) is 0 Å². The molecule has 2 aliphatic rings. The monoisotopic (exact) mass is 429 g/mol. The number of ether oxygens (including phenoxy) is 2. The number of carbonyl (C=O) groups is 2. The molecule has 152 valence electrons. The van der Waals surface area contributed by atoms with Gasteiger partial charge in [-0.2, -0.15) is 0 Å². The number of methoxy groups -OCH3 is 1.